The van der Waals surface area contributed by atoms with Crippen molar-refractivity contribution in [1.29, 1.82) is 0 Å². The lowest BCUT2D eigenvalue weighted by Crippen LogP contribution is -2.61. The molecule has 0 spiro atoms. The number of aliphatic carboxylic acids is 1. The highest BCUT2D eigenvalue weighted by molar-refractivity contribution is 5.78. The molecule has 0 bridgehead atoms. The maximum Gasteiger partial charge on any atom is 0.328 e. The monoisotopic (exact) mass is 341 g/mol. The summed E-state index contributed by atoms with van der Waals surface area (Å²) in [4.78, 5) is 15.0. The van der Waals surface area contributed by atoms with E-state index in [1.165, 1.54) is 24.3 Å². The molecular formula is C15H19NO8. The third kappa shape index (κ3) is 4.08. The van der Waals surface area contributed by atoms with Gasteiger partial charge in [0.15, 0.2) is 6.04 Å². The first-order chi connectivity index (χ1) is 11.2. The van der Waals surface area contributed by atoms with E-state index in [4.69, 9.17) is 4.74 Å². The van der Waals surface area contributed by atoms with E-state index in [0.29, 0.717) is 11.8 Å². The van der Waals surface area contributed by atoms with Gasteiger partial charge in [0.2, 0.25) is 5.79 Å². The molecule has 1 aromatic rings. The molecule has 0 saturated carbocycles. The Balaban J connectivity index is 2.13. The molecule has 1 fully saturated rings. The smallest absolute Gasteiger partial charge is 0.328 e. The molecule has 0 radical (unpaired) electrons. The van der Waals surface area contributed by atoms with Crippen LogP contribution in [-0.2, 0) is 16.0 Å². The first-order valence-electron chi connectivity index (χ1n) is 7.18. The maximum absolute atomic E-state index is 11.3. The topological polar surface area (TPSA) is 160 Å². The van der Waals surface area contributed by atoms with Gasteiger partial charge in [0.05, 0.1) is 12.8 Å². The molecule has 0 unspecified atom stereocenters. The molecular weight excluding hydrogens is 322 g/mol. The first-order valence-corrected chi connectivity index (χ1v) is 7.18. The van der Waals surface area contributed by atoms with Crippen LogP contribution in [0.1, 0.15) is 5.56 Å². The quantitative estimate of drug-likeness (QED) is 0.344. The number of aromatic hydroxyl groups is 1. The fraction of sp³-hybridized carbons (Fsp3) is 0.467. The molecule has 9 nitrogen and oxygen atoms in total. The Labute approximate surface area is 137 Å². The molecule has 0 aromatic heterocycles. The zero-order valence-corrected chi connectivity index (χ0v) is 12.6. The van der Waals surface area contributed by atoms with Crippen molar-refractivity contribution in [3.63, 3.8) is 0 Å². The van der Waals surface area contributed by atoms with Crippen LogP contribution < -0.4 is 0 Å². The zero-order chi connectivity index (χ0) is 17.9. The Bertz CT molecular complexity index is 604. The number of aliphatic hydroxyl groups excluding tert-OH is 3. The molecule has 24 heavy (non-hydrogen) atoms. The fourth-order valence-electron chi connectivity index (χ4n) is 2.23. The van der Waals surface area contributed by atoms with Crippen molar-refractivity contribution in [2.45, 2.75) is 36.6 Å². The van der Waals surface area contributed by atoms with Crippen LogP contribution in [0, 0.1) is 0 Å². The highest BCUT2D eigenvalue weighted by atomic mass is 16.6. The van der Waals surface area contributed by atoms with Gasteiger partial charge in [-0.25, -0.2) is 4.79 Å². The van der Waals surface area contributed by atoms with Crippen LogP contribution in [0.15, 0.2) is 29.3 Å². The number of rotatable bonds is 5. The van der Waals surface area contributed by atoms with Gasteiger partial charge in [-0.15, -0.1) is 0 Å². The van der Waals surface area contributed by atoms with Gasteiger partial charge in [0.1, 0.15) is 24.1 Å². The van der Waals surface area contributed by atoms with E-state index in [9.17, 15) is 35.4 Å². The van der Waals surface area contributed by atoms with Crippen LogP contribution >= 0.6 is 0 Å². The van der Waals surface area contributed by atoms with Crippen LogP contribution in [0.3, 0.4) is 0 Å². The third-order valence-corrected chi connectivity index (χ3v) is 3.72. The summed E-state index contributed by atoms with van der Waals surface area (Å²) in [7, 11) is 0. The molecule has 9 heteroatoms. The van der Waals surface area contributed by atoms with Gasteiger partial charge < -0.3 is 35.4 Å². The first kappa shape index (κ1) is 18.3. The average Bonchev–Trinajstić information content (AvgIpc) is 2.55. The van der Waals surface area contributed by atoms with Gasteiger partial charge in [0, 0.05) is 6.42 Å². The second-order valence-electron chi connectivity index (χ2n) is 5.57. The van der Waals surface area contributed by atoms with Gasteiger partial charge >= 0.3 is 5.97 Å². The molecule has 1 aliphatic rings. The Kier molecular flexibility index (Phi) is 5.52. The van der Waals surface area contributed by atoms with Crippen molar-refractivity contribution >= 4 is 12.2 Å². The summed E-state index contributed by atoms with van der Waals surface area (Å²) in [6.45, 7) is -0.448. The number of carboxylic acids is 1. The van der Waals surface area contributed by atoms with Crippen molar-refractivity contribution in [1.82, 2.24) is 0 Å². The molecule has 5 atom stereocenters. The molecule has 1 saturated heterocycles. The van der Waals surface area contributed by atoms with E-state index in [2.05, 4.69) is 4.99 Å². The number of benzene rings is 1. The second kappa shape index (κ2) is 7.24. The number of aliphatic imine (C=N–C) groups is 1. The molecule has 1 aliphatic heterocycles. The lowest BCUT2D eigenvalue weighted by atomic mass is 9.97. The molecule has 2 rings (SSSR count). The number of nitrogens with zero attached hydrogens (tertiary/aromatic N) is 1. The van der Waals surface area contributed by atoms with Crippen LogP contribution in [0.4, 0.5) is 0 Å². The molecule has 0 amide bonds. The minimum atomic E-state index is -2.40. The summed E-state index contributed by atoms with van der Waals surface area (Å²) < 4.78 is 4.88. The van der Waals surface area contributed by atoms with E-state index >= 15 is 0 Å². The summed E-state index contributed by atoms with van der Waals surface area (Å²) in [5.74, 6) is -3.63. The van der Waals surface area contributed by atoms with Crippen molar-refractivity contribution < 1.29 is 40.2 Å². The van der Waals surface area contributed by atoms with Gasteiger partial charge in [0.25, 0.3) is 0 Å². The normalized spacial score (nSPS) is 31.9. The van der Waals surface area contributed by atoms with E-state index in [0.717, 1.165) is 0 Å². The predicted octanol–water partition coefficient (Wildman–Crippen LogP) is -1.74. The summed E-state index contributed by atoms with van der Waals surface area (Å²) in [5, 5.41) is 57.3. The number of carbonyl (C=O) groups is 1. The van der Waals surface area contributed by atoms with E-state index in [1.54, 1.807) is 0 Å². The van der Waals surface area contributed by atoms with Crippen LogP contribution in [0.25, 0.3) is 0 Å². The summed E-state index contributed by atoms with van der Waals surface area (Å²) in [5.41, 5.74) is 0.588. The van der Waals surface area contributed by atoms with Gasteiger partial charge in [-0.2, -0.15) is 0 Å². The Morgan fingerprint density at radius 2 is 1.96 bits per heavy atom. The second-order valence-corrected chi connectivity index (χ2v) is 5.57. The highest BCUT2D eigenvalue weighted by Crippen LogP contribution is 2.23. The van der Waals surface area contributed by atoms with Crippen molar-refractivity contribution in [3.05, 3.63) is 29.8 Å². The number of hydrogen-bond acceptors (Lipinski definition) is 8. The fourth-order valence-corrected chi connectivity index (χ4v) is 2.23. The Morgan fingerprint density at radius 1 is 1.33 bits per heavy atom. The van der Waals surface area contributed by atoms with Crippen LogP contribution in [-0.4, -0.2) is 79.6 Å². The minimum Gasteiger partial charge on any atom is -0.508 e. The number of phenols is 1. The highest BCUT2D eigenvalue weighted by Gasteiger charge is 2.47. The van der Waals surface area contributed by atoms with Crippen LogP contribution in [0.5, 0.6) is 5.75 Å². The summed E-state index contributed by atoms with van der Waals surface area (Å²) in [6, 6.07) is 4.58. The zero-order valence-electron chi connectivity index (χ0n) is 12.6. The molecule has 0 aliphatic carbocycles. The van der Waals surface area contributed by atoms with Crippen molar-refractivity contribution in [2.24, 2.45) is 4.99 Å². The summed E-state index contributed by atoms with van der Waals surface area (Å²) >= 11 is 0. The maximum atomic E-state index is 11.3. The number of aliphatic hydroxyl groups is 4. The molecule has 132 valence electrons. The standard InChI is InChI=1S/C15H19NO8/c17-9-3-1-8(2-4-9)5-10(14(21)22)16-7-15(23)13(20)12(19)11(18)6-24-15/h1-4,7,10-13,17-20,23H,5-6H2,(H,21,22)/t10-,11+,12+,13-,15+/m0/s1. The largest absolute Gasteiger partial charge is 0.508 e. The van der Waals surface area contributed by atoms with E-state index in [1.807, 2.05) is 0 Å². The Hall–Kier alpha value is -2.04. The Morgan fingerprint density at radius 3 is 2.54 bits per heavy atom. The third-order valence-electron chi connectivity index (χ3n) is 3.72. The van der Waals surface area contributed by atoms with Crippen LogP contribution in [0.2, 0.25) is 0 Å². The molecule has 1 aromatic carbocycles. The van der Waals surface area contributed by atoms with Gasteiger partial charge in [-0.3, -0.25) is 4.99 Å². The van der Waals surface area contributed by atoms with E-state index in [-0.39, 0.29) is 12.2 Å². The molecule has 6 N–H and O–H groups in total. The average molecular weight is 341 g/mol. The number of phenolic OH excluding ortho intramolecular Hbond substituents is 1. The number of hydrogen-bond donors (Lipinski definition) is 6. The van der Waals surface area contributed by atoms with Gasteiger partial charge in [-0.05, 0) is 17.7 Å². The van der Waals surface area contributed by atoms with Crippen molar-refractivity contribution in [2.75, 3.05) is 6.61 Å². The number of ether oxygens (including phenoxy) is 1. The van der Waals surface area contributed by atoms with Gasteiger partial charge in [-0.1, -0.05) is 12.1 Å². The predicted molar refractivity (Wildman–Crippen MR) is 80.6 cm³/mol. The number of carboxylic acid groups (broad SMARTS) is 1. The van der Waals surface area contributed by atoms with E-state index < -0.39 is 42.7 Å². The summed E-state index contributed by atoms with van der Waals surface area (Å²) in [6.07, 6.45) is -4.22. The molecule has 1 heterocycles. The van der Waals surface area contributed by atoms with Crippen molar-refractivity contribution in [3.8, 4) is 5.75 Å². The lowest BCUT2D eigenvalue weighted by Gasteiger charge is -2.39. The lowest BCUT2D eigenvalue weighted by molar-refractivity contribution is -0.283. The minimum absolute atomic E-state index is 0.0243. The SMILES string of the molecule is O=C(O)[C@H](Cc1ccc(O)cc1)N=C[C@@]1(O)OC[C@@H](O)[C@@H](O)[C@@H]1O.